The lowest BCUT2D eigenvalue weighted by Gasteiger charge is -2.12. The summed E-state index contributed by atoms with van der Waals surface area (Å²) in [4.78, 5) is 0. The topological polar surface area (TPSA) is 46.2 Å². The van der Waals surface area contributed by atoms with Crippen molar-refractivity contribution >= 4 is 12.4 Å². The SMILES string of the molecule is Cl.N[C@@H]1CCC[C@H]1CCO. The molecule has 3 N–H and O–H groups in total. The third kappa shape index (κ3) is 2.45. The Morgan fingerprint density at radius 1 is 1.40 bits per heavy atom. The lowest BCUT2D eigenvalue weighted by Crippen LogP contribution is -2.24. The molecule has 2 nitrogen and oxygen atoms in total. The van der Waals surface area contributed by atoms with E-state index >= 15 is 0 Å². The summed E-state index contributed by atoms with van der Waals surface area (Å²) in [5, 5.41) is 8.59. The maximum absolute atomic E-state index is 8.59. The van der Waals surface area contributed by atoms with Crippen LogP contribution in [0.1, 0.15) is 25.7 Å². The lowest BCUT2D eigenvalue weighted by atomic mass is 10.0. The average Bonchev–Trinajstić information content (AvgIpc) is 2.18. The summed E-state index contributed by atoms with van der Waals surface area (Å²) in [6.07, 6.45) is 4.54. The first-order valence-corrected chi connectivity index (χ1v) is 3.71. The number of halogens is 1. The van der Waals surface area contributed by atoms with Gasteiger partial charge >= 0.3 is 0 Å². The number of hydrogen-bond donors (Lipinski definition) is 2. The first-order chi connectivity index (χ1) is 4.34. The zero-order valence-electron chi connectivity index (χ0n) is 6.12. The molecule has 0 heterocycles. The summed E-state index contributed by atoms with van der Waals surface area (Å²) >= 11 is 0. The molecule has 0 amide bonds. The first-order valence-electron chi connectivity index (χ1n) is 3.71. The zero-order chi connectivity index (χ0) is 6.69. The summed E-state index contributed by atoms with van der Waals surface area (Å²) in [5.74, 6) is 0.606. The van der Waals surface area contributed by atoms with E-state index in [9.17, 15) is 0 Å². The van der Waals surface area contributed by atoms with Gasteiger partial charge in [0.25, 0.3) is 0 Å². The highest BCUT2D eigenvalue weighted by molar-refractivity contribution is 5.85. The molecule has 0 aromatic heterocycles. The summed E-state index contributed by atoms with van der Waals surface area (Å²) in [5.41, 5.74) is 5.75. The molecule has 3 heteroatoms. The van der Waals surface area contributed by atoms with Gasteiger partial charge in [0.2, 0.25) is 0 Å². The molecule has 0 radical (unpaired) electrons. The van der Waals surface area contributed by atoms with Crippen LogP contribution in [0.5, 0.6) is 0 Å². The van der Waals surface area contributed by atoms with Crippen molar-refractivity contribution in [2.45, 2.75) is 31.7 Å². The molecule has 0 aromatic carbocycles. The van der Waals surface area contributed by atoms with Crippen LogP contribution in [-0.4, -0.2) is 17.8 Å². The molecule has 10 heavy (non-hydrogen) atoms. The van der Waals surface area contributed by atoms with Crippen LogP contribution in [0.2, 0.25) is 0 Å². The van der Waals surface area contributed by atoms with Crippen LogP contribution in [0, 0.1) is 5.92 Å². The highest BCUT2D eigenvalue weighted by atomic mass is 35.5. The second-order valence-corrected chi connectivity index (χ2v) is 2.87. The zero-order valence-corrected chi connectivity index (χ0v) is 6.94. The maximum Gasteiger partial charge on any atom is 0.0434 e. The van der Waals surface area contributed by atoms with Gasteiger partial charge in [-0.3, -0.25) is 0 Å². The van der Waals surface area contributed by atoms with E-state index in [1.54, 1.807) is 0 Å². The molecule has 62 valence electrons. The van der Waals surface area contributed by atoms with Crippen LogP contribution < -0.4 is 5.73 Å². The van der Waals surface area contributed by atoms with E-state index < -0.39 is 0 Å². The molecule has 1 saturated carbocycles. The first kappa shape index (κ1) is 10.2. The van der Waals surface area contributed by atoms with Crippen LogP contribution in [0.15, 0.2) is 0 Å². The number of hydrogen-bond acceptors (Lipinski definition) is 2. The third-order valence-corrected chi connectivity index (χ3v) is 2.22. The lowest BCUT2D eigenvalue weighted by molar-refractivity contribution is 0.251. The Kier molecular flexibility index (Phi) is 5.04. The minimum absolute atomic E-state index is 0. The smallest absolute Gasteiger partial charge is 0.0434 e. The fraction of sp³-hybridized carbons (Fsp3) is 1.00. The van der Waals surface area contributed by atoms with E-state index in [1.807, 2.05) is 0 Å². The number of aliphatic hydroxyl groups is 1. The van der Waals surface area contributed by atoms with Crippen LogP contribution in [-0.2, 0) is 0 Å². The van der Waals surface area contributed by atoms with E-state index in [0.717, 1.165) is 12.8 Å². The molecule has 0 bridgehead atoms. The van der Waals surface area contributed by atoms with Crippen LogP contribution in [0.4, 0.5) is 0 Å². The Hall–Kier alpha value is 0.210. The molecular formula is C7H16ClNO. The normalized spacial score (nSPS) is 31.8. The van der Waals surface area contributed by atoms with Crippen molar-refractivity contribution in [2.24, 2.45) is 11.7 Å². The minimum atomic E-state index is 0. The minimum Gasteiger partial charge on any atom is -0.396 e. The second kappa shape index (κ2) is 4.94. The summed E-state index contributed by atoms with van der Waals surface area (Å²) in [6.45, 7) is 0.304. The van der Waals surface area contributed by atoms with Crippen molar-refractivity contribution in [2.75, 3.05) is 6.61 Å². The van der Waals surface area contributed by atoms with Gasteiger partial charge in [-0.15, -0.1) is 12.4 Å². The van der Waals surface area contributed by atoms with E-state index in [4.69, 9.17) is 10.8 Å². The van der Waals surface area contributed by atoms with Crippen molar-refractivity contribution < 1.29 is 5.11 Å². The summed E-state index contributed by atoms with van der Waals surface area (Å²) in [6, 6.07) is 0.372. The summed E-state index contributed by atoms with van der Waals surface area (Å²) < 4.78 is 0. The molecule has 0 aliphatic heterocycles. The molecule has 1 aliphatic carbocycles. The van der Waals surface area contributed by atoms with Gasteiger partial charge in [-0.25, -0.2) is 0 Å². The van der Waals surface area contributed by atoms with Gasteiger partial charge in [0.15, 0.2) is 0 Å². The van der Waals surface area contributed by atoms with Crippen LogP contribution in [0.3, 0.4) is 0 Å². The number of aliphatic hydroxyl groups excluding tert-OH is 1. The highest BCUT2D eigenvalue weighted by Gasteiger charge is 2.22. The van der Waals surface area contributed by atoms with E-state index in [-0.39, 0.29) is 12.4 Å². The Morgan fingerprint density at radius 3 is 2.50 bits per heavy atom. The molecule has 1 aliphatic rings. The quantitative estimate of drug-likeness (QED) is 0.639. The maximum atomic E-state index is 8.59. The van der Waals surface area contributed by atoms with Crippen molar-refractivity contribution in [3.05, 3.63) is 0 Å². The van der Waals surface area contributed by atoms with Crippen molar-refractivity contribution in [1.82, 2.24) is 0 Å². The van der Waals surface area contributed by atoms with Crippen molar-refractivity contribution in [3.8, 4) is 0 Å². The molecule has 1 rings (SSSR count). The molecule has 0 aromatic rings. The van der Waals surface area contributed by atoms with Gasteiger partial charge in [0, 0.05) is 12.6 Å². The Labute approximate surface area is 68.2 Å². The number of nitrogens with two attached hydrogens (primary N) is 1. The number of rotatable bonds is 2. The van der Waals surface area contributed by atoms with Gasteiger partial charge in [-0.2, -0.15) is 0 Å². The van der Waals surface area contributed by atoms with Gasteiger partial charge in [-0.1, -0.05) is 6.42 Å². The molecule has 0 unspecified atom stereocenters. The van der Waals surface area contributed by atoms with Gasteiger partial charge in [-0.05, 0) is 25.2 Å². The van der Waals surface area contributed by atoms with E-state index in [1.165, 1.54) is 12.8 Å². The predicted octanol–water partition coefficient (Wildman–Crippen LogP) is 0.918. The van der Waals surface area contributed by atoms with Crippen LogP contribution in [0.25, 0.3) is 0 Å². The van der Waals surface area contributed by atoms with Gasteiger partial charge in [0.1, 0.15) is 0 Å². The predicted molar refractivity (Wildman–Crippen MR) is 44.3 cm³/mol. The summed E-state index contributed by atoms with van der Waals surface area (Å²) in [7, 11) is 0. The molecule has 1 fully saturated rings. The van der Waals surface area contributed by atoms with Crippen molar-refractivity contribution in [1.29, 1.82) is 0 Å². The molecular weight excluding hydrogens is 150 g/mol. The third-order valence-electron chi connectivity index (χ3n) is 2.22. The fourth-order valence-corrected chi connectivity index (χ4v) is 1.59. The standard InChI is InChI=1S/C7H15NO.ClH/c8-7-3-1-2-6(7)4-5-9;/h6-7,9H,1-5,8H2;1H/t6-,7+;/m0./s1. The monoisotopic (exact) mass is 165 g/mol. The van der Waals surface area contributed by atoms with Gasteiger partial charge in [0.05, 0.1) is 0 Å². The van der Waals surface area contributed by atoms with Crippen molar-refractivity contribution in [3.63, 3.8) is 0 Å². The Bertz CT molecular complexity index is 89.7. The average molecular weight is 166 g/mol. The molecule has 2 atom stereocenters. The highest BCUT2D eigenvalue weighted by Crippen LogP contribution is 2.25. The largest absolute Gasteiger partial charge is 0.396 e. The van der Waals surface area contributed by atoms with E-state index in [2.05, 4.69) is 0 Å². The van der Waals surface area contributed by atoms with E-state index in [0.29, 0.717) is 18.6 Å². The molecule has 0 saturated heterocycles. The van der Waals surface area contributed by atoms with Crippen LogP contribution >= 0.6 is 12.4 Å². The molecule has 0 spiro atoms. The second-order valence-electron chi connectivity index (χ2n) is 2.87. The Morgan fingerprint density at radius 2 is 2.10 bits per heavy atom. The van der Waals surface area contributed by atoms with Gasteiger partial charge < -0.3 is 10.8 Å². The Balaban J connectivity index is 0.000000810. The fourth-order valence-electron chi connectivity index (χ4n) is 1.59.